The summed E-state index contributed by atoms with van der Waals surface area (Å²) in [5, 5.41) is 16.1. The van der Waals surface area contributed by atoms with Gasteiger partial charge >= 0.3 is 5.92 Å². The molecule has 1 fully saturated rings. The molecule has 2 N–H and O–H groups in total. The van der Waals surface area contributed by atoms with Gasteiger partial charge < -0.3 is 19.9 Å². The Morgan fingerprint density at radius 3 is 2.88 bits per heavy atom. The van der Waals surface area contributed by atoms with Crippen LogP contribution < -0.4 is 20.9 Å². The van der Waals surface area contributed by atoms with Crippen molar-refractivity contribution in [2.75, 3.05) is 17.2 Å². The number of aryl methyl sites for hydroxylation is 1. The summed E-state index contributed by atoms with van der Waals surface area (Å²) in [5.41, 5.74) is 1.55. The number of nitrogens with one attached hydrogen (secondary N) is 2. The molecule has 0 saturated heterocycles. The van der Waals surface area contributed by atoms with Crippen LogP contribution in [0.5, 0.6) is 5.75 Å². The summed E-state index contributed by atoms with van der Waals surface area (Å²) in [7, 11) is 1.57. The lowest BCUT2D eigenvalue weighted by molar-refractivity contribution is -0.0579. The molecule has 0 amide bonds. The second-order valence-corrected chi connectivity index (χ2v) is 8.43. The number of pyridine rings is 2. The van der Waals surface area contributed by atoms with Gasteiger partial charge in [0.1, 0.15) is 16.8 Å². The molecule has 2 aliphatic rings. The van der Waals surface area contributed by atoms with Crippen molar-refractivity contribution in [3.8, 4) is 11.8 Å². The number of hydrogen-bond donors (Lipinski definition) is 2. The van der Waals surface area contributed by atoms with Crippen LogP contribution in [0.1, 0.15) is 18.4 Å². The summed E-state index contributed by atoms with van der Waals surface area (Å²) in [6.07, 6.45) is 2.88. The second-order valence-electron chi connectivity index (χ2n) is 8.07. The fourth-order valence-electron chi connectivity index (χ4n) is 4.09. The normalized spacial score (nSPS) is 19.3. The van der Waals surface area contributed by atoms with Gasteiger partial charge in [0.05, 0.1) is 22.9 Å². The van der Waals surface area contributed by atoms with E-state index in [2.05, 4.69) is 15.6 Å². The monoisotopic (exact) mass is 457 g/mol. The average molecular weight is 458 g/mol. The Kier molecular flexibility index (Phi) is 4.71. The van der Waals surface area contributed by atoms with Gasteiger partial charge in [-0.25, -0.2) is 13.8 Å². The fraction of sp³-hybridized carbons (Fsp3) is 0.318. The van der Waals surface area contributed by atoms with Gasteiger partial charge in [-0.15, -0.1) is 0 Å². The Morgan fingerprint density at radius 2 is 2.16 bits per heavy atom. The lowest BCUT2D eigenvalue weighted by Gasteiger charge is -2.25. The van der Waals surface area contributed by atoms with Crippen LogP contribution in [0.25, 0.3) is 10.9 Å². The fourth-order valence-corrected chi connectivity index (χ4v) is 4.29. The summed E-state index contributed by atoms with van der Waals surface area (Å²) < 4.78 is 36.2. The number of aromatic nitrogens is 2. The van der Waals surface area contributed by atoms with Crippen molar-refractivity contribution in [1.82, 2.24) is 9.55 Å². The van der Waals surface area contributed by atoms with Gasteiger partial charge in [0.2, 0.25) is 5.75 Å². The number of halogens is 3. The van der Waals surface area contributed by atoms with Crippen LogP contribution in [0, 0.1) is 17.2 Å². The smallest absolute Gasteiger partial charge is 0.301 e. The molecule has 5 rings (SSSR count). The molecule has 1 aliphatic carbocycles. The molecule has 0 radical (unpaired) electrons. The first-order chi connectivity index (χ1) is 15.3. The van der Waals surface area contributed by atoms with Crippen LogP contribution >= 0.6 is 11.6 Å². The first-order valence-corrected chi connectivity index (χ1v) is 10.4. The van der Waals surface area contributed by atoms with E-state index in [9.17, 15) is 18.8 Å². The van der Waals surface area contributed by atoms with E-state index in [-0.39, 0.29) is 28.1 Å². The highest BCUT2D eigenvalue weighted by Crippen LogP contribution is 2.45. The maximum Gasteiger partial charge on any atom is 0.301 e. The molecular weight excluding hydrogens is 440 g/mol. The zero-order valence-electron chi connectivity index (χ0n) is 17.0. The number of benzene rings is 1. The Morgan fingerprint density at radius 1 is 1.38 bits per heavy atom. The average Bonchev–Trinajstić information content (AvgIpc) is 3.60. The first-order valence-electron chi connectivity index (χ1n) is 10.1. The molecular formula is C22H18ClF2N5O2. The quantitative estimate of drug-likeness (QED) is 0.566. The lowest BCUT2D eigenvalue weighted by Crippen LogP contribution is -2.44. The number of rotatable bonds is 3. The summed E-state index contributed by atoms with van der Waals surface area (Å²) in [5.74, 6) is -3.40. The summed E-state index contributed by atoms with van der Waals surface area (Å²) in [4.78, 5) is 16.8. The van der Waals surface area contributed by atoms with Crippen molar-refractivity contribution in [1.29, 1.82) is 5.26 Å². The highest BCUT2D eigenvalue weighted by atomic mass is 35.5. The Bertz CT molecular complexity index is 1350. The molecule has 3 aromatic rings. The van der Waals surface area contributed by atoms with E-state index in [0.717, 1.165) is 0 Å². The maximum atomic E-state index is 14.7. The number of hydrogen-bond acceptors (Lipinski definition) is 6. The Labute approximate surface area is 186 Å². The van der Waals surface area contributed by atoms with E-state index < -0.39 is 24.1 Å². The minimum atomic E-state index is -3.11. The van der Waals surface area contributed by atoms with Crippen molar-refractivity contribution >= 4 is 39.6 Å². The molecule has 2 aromatic heterocycles. The van der Waals surface area contributed by atoms with Crippen molar-refractivity contribution in [3.05, 3.63) is 51.5 Å². The highest BCUT2D eigenvalue weighted by molar-refractivity contribution is 6.31. The first kappa shape index (κ1) is 20.5. The topological polar surface area (TPSA) is 92.0 Å². The van der Waals surface area contributed by atoms with Crippen LogP contribution in [0.3, 0.4) is 0 Å². The minimum absolute atomic E-state index is 0.0686. The molecule has 7 nitrogen and oxygen atoms in total. The van der Waals surface area contributed by atoms with Gasteiger partial charge in [0.15, 0.2) is 6.61 Å². The van der Waals surface area contributed by atoms with Crippen LogP contribution in [0.4, 0.5) is 25.8 Å². The summed E-state index contributed by atoms with van der Waals surface area (Å²) in [6.45, 7) is -0.853. The van der Waals surface area contributed by atoms with E-state index >= 15 is 0 Å². The Hall–Kier alpha value is -3.38. The van der Waals surface area contributed by atoms with Gasteiger partial charge in [-0.05, 0) is 43.0 Å². The van der Waals surface area contributed by atoms with E-state index in [0.29, 0.717) is 35.1 Å². The third-order valence-corrected chi connectivity index (χ3v) is 6.19. The van der Waals surface area contributed by atoms with E-state index in [1.54, 1.807) is 31.3 Å². The van der Waals surface area contributed by atoms with Crippen LogP contribution in [-0.2, 0) is 7.05 Å². The summed E-state index contributed by atoms with van der Waals surface area (Å²) >= 11 is 6.01. The van der Waals surface area contributed by atoms with Gasteiger partial charge in [-0.3, -0.25) is 4.79 Å². The van der Waals surface area contributed by atoms with Crippen LogP contribution in [-0.4, -0.2) is 28.1 Å². The molecule has 0 spiro atoms. The number of nitriles is 1. The van der Waals surface area contributed by atoms with Crippen molar-refractivity contribution < 1.29 is 13.5 Å². The largest absolute Gasteiger partial charge is 0.480 e. The molecule has 1 aromatic carbocycles. The standard InChI is InChI=1S/C22H18ClF2N5O2/c1-30-16-5-4-12(28-15-6-7-27-20(23)14(15)9-26)8-13(16)17-18(21(30)31)32-10-22(24,25)19(29-17)11-2-3-11/h4-8,11,19,29H,2-3,10H2,1H3,(H,27,28)/t19-/m0/s1. The predicted molar refractivity (Wildman–Crippen MR) is 117 cm³/mol. The Balaban J connectivity index is 1.65. The molecule has 10 heteroatoms. The highest BCUT2D eigenvalue weighted by Gasteiger charge is 2.51. The third-order valence-electron chi connectivity index (χ3n) is 5.91. The number of alkyl halides is 2. The lowest BCUT2D eigenvalue weighted by atomic mass is 10.0. The number of ether oxygens (including phenoxy) is 1. The molecule has 1 aliphatic heterocycles. The molecule has 0 unspecified atom stereocenters. The zero-order chi connectivity index (χ0) is 22.6. The van der Waals surface area contributed by atoms with Crippen molar-refractivity contribution in [3.63, 3.8) is 0 Å². The van der Waals surface area contributed by atoms with Crippen LogP contribution in [0.2, 0.25) is 5.15 Å². The molecule has 32 heavy (non-hydrogen) atoms. The third kappa shape index (κ3) is 3.31. The number of fused-ring (bicyclic) bond motifs is 3. The molecule has 1 saturated carbocycles. The van der Waals surface area contributed by atoms with Gasteiger partial charge in [0.25, 0.3) is 5.56 Å². The van der Waals surface area contributed by atoms with Crippen LogP contribution in [0.15, 0.2) is 35.3 Å². The summed E-state index contributed by atoms with van der Waals surface area (Å²) in [6, 6.07) is 7.69. The minimum Gasteiger partial charge on any atom is -0.480 e. The maximum absolute atomic E-state index is 14.7. The van der Waals surface area contributed by atoms with E-state index in [4.69, 9.17) is 16.3 Å². The second kappa shape index (κ2) is 7.35. The van der Waals surface area contributed by atoms with E-state index in [1.807, 2.05) is 6.07 Å². The molecule has 1 atom stereocenters. The van der Waals surface area contributed by atoms with Crippen molar-refractivity contribution in [2.24, 2.45) is 13.0 Å². The van der Waals surface area contributed by atoms with Gasteiger partial charge in [0, 0.05) is 24.3 Å². The van der Waals surface area contributed by atoms with Crippen molar-refractivity contribution in [2.45, 2.75) is 24.8 Å². The molecule has 3 heterocycles. The van der Waals surface area contributed by atoms with Gasteiger partial charge in [-0.1, -0.05) is 11.6 Å². The molecule has 0 bridgehead atoms. The van der Waals surface area contributed by atoms with Gasteiger partial charge in [-0.2, -0.15) is 5.26 Å². The number of nitrogens with zero attached hydrogens (tertiary/aromatic N) is 3. The predicted octanol–water partition coefficient (Wildman–Crippen LogP) is 4.42. The molecule has 164 valence electrons. The zero-order valence-corrected chi connectivity index (χ0v) is 17.7. The SMILES string of the molecule is Cn1c(=O)c2c(c3cc(Nc4ccnc(Cl)c4C#N)ccc31)N[C@@H](C1CC1)C(F)(F)CO2. The number of anilines is 3. The van der Waals surface area contributed by atoms with E-state index in [1.165, 1.54) is 10.8 Å².